The minimum absolute atomic E-state index is 0.196. The Morgan fingerprint density at radius 1 is 1.00 bits per heavy atom. The Bertz CT molecular complexity index is 1370. The van der Waals surface area contributed by atoms with E-state index in [0.717, 1.165) is 23.2 Å². The number of hydrogen-bond acceptors (Lipinski definition) is 9. The van der Waals surface area contributed by atoms with Crippen LogP contribution in [0.3, 0.4) is 0 Å². The summed E-state index contributed by atoms with van der Waals surface area (Å²) < 4.78 is 22.1. The SMILES string of the molecule is C/C=S(\Nc1nnc(-c2cncc(C)c2)n1-c1c(OC)cccc1OC)[C@@H](C)Cc1cnc(OC)cn1. The van der Waals surface area contributed by atoms with E-state index in [1.54, 1.807) is 46.1 Å². The number of para-hydroxylation sites is 1. The second-order valence-corrected chi connectivity index (χ2v) is 10.4. The number of anilines is 1. The van der Waals surface area contributed by atoms with E-state index >= 15 is 0 Å². The molecule has 4 aromatic rings. The quantitative estimate of drug-likeness (QED) is 0.302. The monoisotopic (exact) mass is 521 g/mol. The number of benzene rings is 1. The molecule has 0 aliphatic rings. The number of aromatic nitrogens is 6. The van der Waals surface area contributed by atoms with Gasteiger partial charge in [-0.15, -0.1) is 10.2 Å². The van der Waals surface area contributed by atoms with Crippen molar-refractivity contribution in [2.45, 2.75) is 32.4 Å². The van der Waals surface area contributed by atoms with Crippen LogP contribution in [0.15, 0.2) is 49.1 Å². The van der Waals surface area contributed by atoms with Gasteiger partial charge in [0, 0.05) is 29.6 Å². The first-order chi connectivity index (χ1) is 18.0. The molecular formula is C26H31N7O3S. The molecule has 0 radical (unpaired) electrons. The highest BCUT2D eigenvalue weighted by Gasteiger charge is 2.24. The molecule has 1 unspecified atom stereocenters. The van der Waals surface area contributed by atoms with Crippen molar-refractivity contribution >= 4 is 22.0 Å². The molecule has 37 heavy (non-hydrogen) atoms. The number of hydrogen-bond donors (Lipinski definition) is 1. The van der Waals surface area contributed by atoms with Gasteiger partial charge in [0.05, 0.1) is 39.4 Å². The van der Waals surface area contributed by atoms with Gasteiger partial charge in [0.25, 0.3) is 0 Å². The number of ether oxygens (including phenoxy) is 3. The summed E-state index contributed by atoms with van der Waals surface area (Å²) in [6.07, 6.45) is 7.68. The summed E-state index contributed by atoms with van der Waals surface area (Å²) in [6.45, 7) is 6.19. The molecule has 3 heterocycles. The van der Waals surface area contributed by atoms with E-state index in [9.17, 15) is 0 Å². The van der Waals surface area contributed by atoms with E-state index in [4.69, 9.17) is 14.2 Å². The summed E-state index contributed by atoms with van der Waals surface area (Å²) in [5.74, 6) is 2.94. The van der Waals surface area contributed by atoms with Gasteiger partial charge in [0.15, 0.2) is 5.82 Å². The van der Waals surface area contributed by atoms with Crippen molar-refractivity contribution in [2.24, 2.45) is 0 Å². The van der Waals surface area contributed by atoms with Crippen molar-refractivity contribution in [2.75, 3.05) is 26.1 Å². The summed E-state index contributed by atoms with van der Waals surface area (Å²) in [7, 11) is 4.46. The Hall–Kier alpha value is -3.99. The molecule has 4 rings (SSSR count). The largest absolute Gasteiger partial charge is 0.494 e. The van der Waals surface area contributed by atoms with Gasteiger partial charge in [-0.25, -0.2) is 4.98 Å². The van der Waals surface area contributed by atoms with Gasteiger partial charge in [0.2, 0.25) is 11.8 Å². The van der Waals surface area contributed by atoms with Gasteiger partial charge >= 0.3 is 0 Å². The van der Waals surface area contributed by atoms with E-state index < -0.39 is 0 Å². The van der Waals surface area contributed by atoms with Gasteiger partial charge in [0.1, 0.15) is 17.2 Å². The van der Waals surface area contributed by atoms with Crippen molar-refractivity contribution in [1.82, 2.24) is 29.7 Å². The van der Waals surface area contributed by atoms with E-state index in [0.29, 0.717) is 34.8 Å². The average Bonchev–Trinajstić information content (AvgIpc) is 3.34. The molecule has 11 heteroatoms. The average molecular weight is 522 g/mol. The second-order valence-electron chi connectivity index (χ2n) is 8.22. The predicted octanol–water partition coefficient (Wildman–Crippen LogP) is 4.50. The van der Waals surface area contributed by atoms with Gasteiger partial charge in [-0.1, -0.05) is 23.7 Å². The Morgan fingerprint density at radius 3 is 2.35 bits per heavy atom. The Labute approximate surface area is 219 Å². The fourth-order valence-electron chi connectivity index (χ4n) is 3.91. The van der Waals surface area contributed by atoms with Crippen LogP contribution in [0.4, 0.5) is 5.95 Å². The maximum atomic E-state index is 5.73. The Balaban J connectivity index is 1.76. The maximum absolute atomic E-state index is 5.73. The lowest BCUT2D eigenvalue weighted by Gasteiger charge is -2.21. The molecule has 0 aliphatic heterocycles. The van der Waals surface area contributed by atoms with E-state index in [1.165, 1.54) is 0 Å². The molecule has 0 saturated heterocycles. The first kappa shape index (κ1) is 26.1. The fourth-order valence-corrected chi connectivity index (χ4v) is 5.39. The van der Waals surface area contributed by atoms with Crippen molar-refractivity contribution in [3.63, 3.8) is 0 Å². The molecule has 0 spiro atoms. The van der Waals surface area contributed by atoms with Crippen molar-refractivity contribution in [3.8, 4) is 34.5 Å². The zero-order valence-corrected chi connectivity index (χ0v) is 22.6. The van der Waals surface area contributed by atoms with Crippen molar-refractivity contribution in [1.29, 1.82) is 0 Å². The summed E-state index contributed by atoms with van der Waals surface area (Å²) in [5.41, 5.74) is 3.43. The van der Waals surface area contributed by atoms with Crippen LogP contribution in [0.1, 0.15) is 25.1 Å². The fraction of sp³-hybridized carbons (Fsp3) is 0.308. The molecule has 0 aliphatic carbocycles. The molecule has 0 bridgehead atoms. The molecule has 0 fully saturated rings. The van der Waals surface area contributed by atoms with Crippen LogP contribution in [0.2, 0.25) is 0 Å². The summed E-state index contributed by atoms with van der Waals surface area (Å²) in [5, 5.41) is 11.4. The van der Waals surface area contributed by atoms with Gasteiger partial charge in [-0.05, 0) is 43.0 Å². The van der Waals surface area contributed by atoms with E-state index in [2.05, 4.69) is 42.2 Å². The molecule has 194 valence electrons. The second kappa shape index (κ2) is 11.8. The minimum Gasteiger partial charge on any atom is -0.494 e. The number of rotatable bonds is 10. The molecule has 1 N–H and O–H groups in total. The topological polar surface area (TPSA) is 109 Å². The highest BCUT2D eigenvalue weighted by molar-refractivity contribution is 8.16. The van der Waals surface area contributed by atoms with Crippen LogP contribution in [0.25, 0.3) is 17.1 Å². The first-order valence-corrected chi connectivity index (χ1v) is 13.1. The highest BCUT2D eigenvalue weighted by Crippen LogP contribution is 2.38. The van der Waals surface area contributed by atoms with Crippen molar-refractivity contribution in [3.05, 3.63) is 60.3 Å². The van der Waals surface area contributed by atoms with Crippen molar-refractivity contribution < 1.29 is 14.2 Å². The lowest BCUT2D eigenvalue weighted by Crippen LogP contribution is -2.14. The lowest BCUT2D eigenvalue weighted by molar-refractivity contribution is 0.391. The van der Waals surface area contributed by atoms with Gasteiger partial charge in [-0.2, -0.15) is 0 Å². The van der Waals surface area contributed by atoms with E-state index in [-0.39, 0.29) is 15.9 Å². The van der Waals surface area contributed by atoms with Crippen LogP contribution in [-0.4, -0.2) is 61.7 Å². The van der Waals surface area contributed by atoms with Crippen LogP contribution >= 0.6 is 10.7 Å². The molecule has 1 aromatic carbocycles. The third-order valence-corrected chi connectivity index (χ3v) is 7.67. The molecule has 3 aromatic heterocycles. The molecule has 2 atom stereocenters. The van der Waals surface area contributed by atoms with Crippen LogP contribution in [-0.2, 0) is 6.42 Å². The molecular weight excluding hydrogens is 490 g/mol. The zero-order chi connectivity index (χ0) is 26.4. The van der Waals surface area contributed by atoms with Gasteiger partial charge in [-0.3, -0.25) is 14.5 Å². The predicted molar refractivity (Wildman–Crippen MR) is 147 cm³/mol. The van der Waals surface area contributed by atoms with E-state index in [1.807, 2.05) is 42.7 Å². The molecule has 10 nitrogen and oxygen atoms in total. The number of pyridine rings is 1. The lowest BCUT2D eigenvalue weighted by atomic mass is 10.2. The summed E-state index contributed by atoms with van der Waals surface area (Å²) >= 11 is 0. The maximum Gasteiger partial charge on any atom is 0.239 e. The number of nitrogens with one attached hydrogen (secondary N) is 1. The summed E-state index contributed by atoms with van der Waals surface area (Å²) in [4.78, 5) is 13.1. The van der Waals surface area contributed by atoms with Gasteiger partial charge < -0.3 is 18.9 Å². The highest BCUT2D eigenvalue weighted by atomic mass is 32.2. The minimum atomic E-state index is -0.378. The zero-order valence-electron chi connectivity index (χ0n) is 21.8. The third kappa shape index (κ3) is 5.72. The standard InChI is InChI=1S/C26H31N7O3S/c1-7-37(18(3)12-20-15-29-23(36-6)16-28-20)32-26-31-30-25(19-11-17(2)13-27-14-19)33(26)24-21(34-4)9-8-10-22(24)35-5/h7-11,13-16,18H,12H2,1-6H3,(H,31,32)/t18-,37?/m0/s1. The Kier molecular flexibility index (Phi) is 8.34. The van der Waals surface area contributed by atoms with Crippen LogP contribution in [0.5, 0.6) is 17.4 Å². The van der Waals surface area contributed by atoms with Crippen LogP contribution < -0.4 is 18.9 Å². The number of nitrogens with zero attached hydrogens (tertiary/aromatic N) is 6. The first-order valence-electron chi connectivity index (χ1n) is 11.7. The number of methoxy groups -OCH3 is 3. The molecule has 0 saturated carbocycles. The smallest absolute Gasteiger partial charge is 0.239 e. The van der Waals surface area contributed by atoms with Crippen LogP contribution in [0, 0.1) is 6.92 Å². The molecule has 0 amide bonds. The normalized spacial score (nSPS) is 12.7. The number of aryl methyl sites for hydroxylation is 1. The third-order valence-electron chi connectivity index (χ3n) is 5.71. The summed E-state index contributed by atoms with van der Waals surface area (Å²) in [6, 6.07) is 7.68. The Morgan fingerprint density at radius 2 is 1.76 bits per heavy atom.